The van der Waals surface area contributed by atoms with Gasteiger partial charge in [0.05, 0.1) is 16.3 Å². The highest BCUT2D eigenvalue weighted by molar-refractivity contribution is 8.18. The fraction of sp³-hybridized carbons (Fsp3) is 0.200. The molecule has 2 aromatic carbocycles. The molecule has 3 aromatic rings. The molecule has 31 heavy (non-hydrogen) atoms. The first-order chi connectivity index (χ1) is 14.7. The quantitative estimate of drug-likeness (QED) is 0.460. The summed E-state index contributed by atoms with van der Waals surface area (Å²) in [5.41, 5.74) is 8.67. The van der Waals surface area contributed by atoms with E-state index in [0.717, 1.165) is 28.2 Å². The van der Waals surface area contributed by atoms with Crippen LogP contribution >= 0.6 is 23.4 Å². The Morgan fingerprint density at radius 3 is 2.39 bits per heavy atom. The van der Waals surface area contributed by atoms with Crippen molar-refractivity contribution in [1.82, 2.24) is 9.88 Å². The predicted molar refractivity (Wildman–Crippen MR) is 132 cm³/mol. The minimum atomic E-state index is -0.132. The summed E-state index contributed by atoms with van der Waals surface area (Å²) in [4.78, 5) is 17.8. The lowest BCUT2D eigenvalue weighted by Gasteiger charge is -2.15. The molecule has 1 N–H and O–H groups in total. The molecule has 2 heterocycles. The molecular formula is C25H24ClN3OS. The number of halogens is 1. The third kappa shape index (κ3) is 4.21. The largest absolute Gasteiger partial charge is 0.317 e. The maximum Gasteiger partial charge on any atom is 0.264 e. The van der Waals surface area contributed by atoms with Gasteiger partial charge >= 0.3 is 0 Å². The lowest BCUT2D eigenvalue weighted by molar-refractivity contribution is -0.115. The predicted octanol–water partition coefficient (Wildman–Crippen LogP) is 6.56. The third-order valence-electron chi connectivity index (χ3n) is 5.45. The number of hydrogen-bond donors (Lipinski definition) is 1. The molecule has 1 aliphatic heterocycles. The summed E-state index contributed by atoms with van der Waals surface area (Å²) in [6, 6.07) is 14.0. The van der Waals surface area contributed by atoms with Crippen LogP contribution < -0.4 is 5.32 Å². The maximum atomic E-state index is 12.6. The summed E-state index contributed by atoms with van der Waals surface area (Å²) in [5.74, 6) is -0.132. The summed E-state index contributed by atoms with van der Waals surface area (Å²) in [6.45, 7) is 10.4. The summed E-state index contributed by atoms with van der Waals surface area (Å²) in [7, 11) is 0. The molecule has 0 radical (unpaired) electrons. The van der Waals surface area contributed by atoms with Crippen LogP contribution in [0.3, 0.4) is 0 Å². The zero-order valence-electron chi connectivity index (χ0n) is 18.2. The van der Waals surface area contributed by atoms with E-state index in [0.29, 0.717) is 15.1 Å². The van der Waals surface area contributed by atoms with E-state index in [1.54, 1.807) is 6.07 Å². The lowest BCUT2D eigenvalue weighted by Crippen LogP contribution is -2.19. The lowest BCUT2D eigenvalue weighted by atomic mass is 10.1. The fourth-order valence-electron chi connectivity index (χ4n) is 3.91. The molecule has 1 amide bonds. The molecule has 158 valence electrons. The van der Waals surface area contributed by atoms with E-state index < -0.39 is 0 Å². The van der Waals surface area contributed by atoms with Crippen LogP contribution in [0.1, 0.15) is 33.6 Å². The summed E-state index contributed by atoms with van der Waals surface area (Å²) >= 11 is 7.38. The second-order valence-electron chi connectivity index (χ2n) is 7.81. The van der Waals surface area contributed by atoms with Gasteiger partial charge in [-0.2, -0.15) is 0 Å². The SMILES string of the molecule is Cc1cc(Cl)ccc1N=C1NC(=O)/C(=C/c2cc(C)n(-c3c(C)cccc3C)c2C)S1. The van der Waals surface area contributed by atoms with E-state index in [9.17, 15) is 4.79 Å². The number of aryl methyl sites for hydroxylation is 4. The molecule has 0 atom stereocenters. The Morgan fingerprint density at radius 1 is 1.00 bits per heavy atom. The highest BCUT2D eigenvalue weighted by atomic mass is 35.5. The minimum Gasteiger partial charge on any atom is -0.317 e. The van der Waals surface area contributed by atoms with E-state index in [1.165, 1.54) is 28.6 Å². The van der Waals surface area contributed by atoms with Crippen molar-refractivity contribution < 1.29 is 4.79 Å². The van der Waals surface area contributed by atoms with Crippen molar-refractivity contribution in [3.8, 4) is 5.69 Å². The highest BCUT2D eigenvalue weighted by Gasteiger charge is 2.25. The molecule has 0 saturated carbocycles. The standard InChI is InChI=1S/C25H24ClN3OS/c1-14-7-6-8-15(2)23(14)29-17(4)12-19(18(29)5)13-22-24(30)28-25(31-22)27-21-10-9-20(26)11-16(21)3/h6-13H,1-5H3,(H,27,28,30)/b22-13-. The normalized spacial score (nSPS) is 16.4. The Morgan fingerprint density at radius 2 is 1.71 bits per heavy atom. The van der Waals surface area contributed by atoms with Crippen LogP contribution in [0.15, 0.2) is 52.4 Å². The van der Waals surface area contributed by atoms with Gasteiger partial charge in [-0.25, -0.2) is 4.99 Å². The number of hydrogen-bond acceptors (Lipinski definition) is 3. The molecule has 6 heteroatoms. The van der Waals surface area contributed by atoms with Crippen molar-refractivity contribution in [3.63, 3.8) is 0 Å². The number of carbonyl (C=O) groups is 1. The number of thioether (sulfide) groups is 1. The molecule has 0 unspecified atom stereocenters. The number of para-hydroxylation sites is 1. The number of benzene rings is 2. The molecule has 4 nitrogen and oxygen atoms in total. The number of amides is 1. The minimum absolute atomic E-state index is 0.132. The Kier molecular flexibility index (Phi) is 5.82. The molecule has 1 saturated heterocycles. The maximum absolute atomic E-state index is 12.6. The number of nitrogens with one attached hydrogen (secondary N) is 1. The Balaban J connectivity index is 1.68. The van der Waals surface area contributed by atoms with Crippen LogP contribution in [0.2, 0.25) is 5.02 Å². The summed E-state index contributed by atoms with van der Waals surface area (Å²) in [6.07, 6.45) is 1.95. The number of amidine groups is 1. The molecule has 0 spiro atoms. The summed E-state index contributed by atoms with van der Waals surface area (Å²) in [5, 5.41) is 4.12. The molecule has 1 fully saturated rings. The van der Waals surface area contributed by atoms with Crippen LogP contribution in [-0.2, 0) is 4.79 Å². The van der Waals surface area contributed by atoms with E-state index >= 15 is 0 Å². The number of nitrogens with zero attached hydrogens (tertiary/aromatic N) is 2. The second kappa shape index (κ2) is 8.40. The van der Waals surface area contributed by atoms with Gasteiger partial charge in [0.1, 0.15) is 0 Å². The molecular weight excluding hydrogens is 426 g/mol. The number of rotatable bonds is 3. The molecule has 1 aromatic heterocycles. The average Bonchev–Trinajstić information content (AvgIpc) is 3.17. The number of aromatic nitrogens is 1. The van der Waals surface area contributed by atoms with Crippen molar-refractivity contribution in [1.29, 1.82) is 0 Å². The van der Waals surface area contributed by atoms with Gasteiger partial charge in [0.2, 0.25) is 0 Å². The molecule has 0 aliphatic carbocycles. The number of aliphatic imine (C=N–C) groups is 1. The van der Waals surface area contributed by atoms with E-state index in [1.807, 2.05) is 25.1 Å². The smallest absolute Gasteiger partial charge is 0.264 e. The second-order valence-corrected chi connectivity index (χ2v) is 9.28. The molecule has 0 bridgehead atoms. The molecule has 4 rings (SSSR count). The Labute approximate surface area is 192 Å². The Hall–Kier alpha value is -2.76. The van der Waals surface area contributed by atoms with E-state index in [4.69, 9.17) is 11.6 Å². The van der Waals surface area contributed by atoms with Crippen LogP contribution in [-0.4, -0.2) is 15.6 Å². The topological polar surface area (TPSA) is 46.4 Å². The van der Waals surface area contributed by atoms with Crippen LogP contribution in [0.4, 0.5) is 5.69 Å². The van der Waals surface area contributed by atoms with Gasteiger partial charge in [-0.3, -0.25) is 4.79 Å². The Bertz CT molecular complexity index is 1250. The van der Waals surface area contributed by atoms with Crippen molar-refractivity contribution in [2.75, 3.05) is 0 Å². The van der Waals surface area contributed by atoms with Crippen molar-refractivity contribution in [2.45, 2.75) is 34.6 Å². The summed E-state index contributed by atoms with van der Waals surface area (Å²) < 4.78 is 2.26. The molecule has 1 aliphatic rings. The zero-order chi connectivity index (χ0) is 22.3. The fourth-order valence-corrected chi connectivity index (χ4v) is 4.96. The van der Waals surface area contributed by atoms with Gasteiger partial charge in [-0.1, -0.05) is 29.8 Å². The monoisotopic (exact) mass is 449 g/mol. The van der Waals surface area contributed by atoms with Crippen LogP contribution in [0.5, 0.6) is 0 Å². The van der Waals surface area contributed by atoms with E-state index in [2.05, 4.69) is 66.8 Å². The van der Waals surface area contributed by atoms with Gasteiger partial charge in [0.15, 0.2) is 5.17 Å². The zero-order valence-corrected chi connectivity index (χ0v) is 19.8. The van der Waals surface area contributed by atoms with Gasteiger partial charge in [-0.05, 0) is 99.0 Å². The van der Waals surface area contributed by atoms with Gasteiger partial charge in [0, 0.05) is 16.4 Å². The first kappa shape index (κ1) is 21.5. The van der Waals surface area contributed by atoms with Crippen molar-refractivity contribution in [3.05, 3.63) is 86.0 Å². The van der Waals surface area contributed by atoms with Crippen molar-refractivity contribution in [2.24, 2.45) is 4.99 Å². The van der Waals surface area contributed by atoms with Crippen LogP contribution in [0.25, 0.3) is 11.8 Å². The first-order valence-corrected chi connectivity index (χ1v) is 11.3. The van der Waals surface area contributed by atoms with Gasteiger partial charge in [0.25, 0.3) is 5.91 Å². The number of carbonyl (C=O) groups excluding carboxylic acids is 1. The van der Waals surface area contributed by atoms with Crippen molar-refractivity contribution >= 4 is 46.2 Å². The van der Waals surface area contributed by atoms with Gasteiger partial charge < -0.3 is 9.88 Å². The first-order valence-electron chi connectivity index (χ1n) is 10.1. The van der Waals surface area contributed by atoms with E-state index in [-0.39, 0.29) is 5.91 Å². The van der Waals surface area contributed by atoms with Crippen LogP contribution in [0, 0.1) is 34.6 Å². The third-order valence-corrected chi connectivity index (χ3v) is 6.60. The average molecular weight is 450 g/mol. The van der Waals surface area contributed by atoms with Gasteiger partial charge in [-0.15, -0.1) is 0 Å². The highest BCUT2D eigenvalue weighted by Crippen LogP contribution is 2.32.